The molecule has 4 heteroatoms. The Kier molecular flexibility index (Phi) is 0.941. The number of fused-ring (bicyclic) bond motifs is 2. The lowest BCUT2D eigenvalue weighted by Crippen LogP contribution is -2.63. The molecule has 0 spiro atoms. The van der Waals surface area contributed by atoms with Crippen LogP contribution in [0.15, 0.2) is 0 Å². The van der Waals surface area contributed by atoms with Crippen molar-refractivity contribution in [1.82, 2.24) is 5.32 Å². The molecule has 2 atom stereocenters. The maximum absolute atomic E-state index is 10.9. The zero-order valence-electron chi connectivity index (χ0n) is 5.00. The van der Waals surface area contributed by atoms with E-state index in [-0.39, 0.29) is 12.1 Å². The van der Waals surface area contributed by atoms with Gasteiger partial charge >= 0.3 is 0 Å². The van der Waals surface area contributed by atoms with Crippen molar-refractivity contribution in [1.29, 1.82) is 0 Å². The molecule has 3 nitrogen and oxygen atoms in total. The Labute approximate surface area is 54.4 Å². The average Bonchev–Trinajstić information content (AvgIpc) is 1.58. The van der Waals surface area contributed by atoms with Crippen molar-refractivity contribution in [2.24, 2.45) is 0 Å². The molecule has 3 fully saturated rings. The van der Waals surface area contributed by atoms with Gasteiger partial charge in [0.2, 0.25) is 0 Å². The molecule has 0 aromatic carbocycles. The van der Waals surface area contributed by atoms with E-state index in [2.05, 4.69) is 5.32 Å². The second kappa shape index (κ2) is 1.49. The van der Waals surface area contributed by atoms with Crippen LogP contribution in [0.5, 0.6) is 0 Å². The summed E-state index contributed by atoms with van der Waals surface area (Å²) in [5.74, 6) is 0.729. The number of nitrogens with one attached hydrogen (secondary N) is 1. The van der Waals surface area contributed by atoms with Crippen molar-refractivity contribution in [3.8, 4) is 0 Å². The molecule has 1 N–H and O–H groups in total. The number of hydrogen-bond acceptors (Lipinski definition) is 3. The Hall–Kier alpha value is -0.0900. The predicted octanol–water partition coefficient (Wildman–Crippen LogP) is -0.855. The van der Waals surface area contributed by atoms with Gasteiger partial charge in [0.15, 0.2) is 9.84 Å². The molecule has 2 bridgehead atoms. The molecule has 52 valence electrons. The summed E-state index contributed by atoms with van der Waals surface area (Å²) in [5, 5.41) is 3.16. The quantitative estimate of drug-likeness (QED) is 0.485. The summed E-state index contributed by atoms with van der Waals surface area (Å²) in [7, 11) is -2.64. The van der Waals surface area contributed by atoms with Crippen molar-refractivity contribution >= 4 is 9.84 Å². The third-order valence-corrected chi connectivity index (χ3v) is 3.77. The minimum Gasteiger partial charge on any atom is -0.309 e. The van der Waals surface area contributed by atoms with Crippen molar-refractivity contribution in [2.45, 2.75) is 18.5 Å². The molecule has 0 amide bonds. The molecule has 3 rings (SSSR count). The molecule has 0 aromatic heterocycles. The van der Waals surface area contributed by atoms with Crippen LogP contribution in [-0.2, 0) is 9.84 Å². The third-order valence-electron chi connectivity index (χ3n) is 1.95. The van der Waals surface area contributed by atoms with Crippen LogP contribution in [0.4, 0.5) is 0 Å². The van der Waals surface area contributed by atoms with Crippen LogP contribution in [0.3, 0.4) is 0 Å². The van der Waals surface area contributed by atoms with Gasteiger partial charge in [-0.3, -0.25) is 0 Å². The number of sulfone groups is 1. The van der Waals surface area contributed by atoms with Crippen molar-refractivity contribution in [3.63, 3.8) is 0 Å². The number of rotatable bonds is 0. The summed E-state index contributed by atoms with van der Waals surface area (Å²) in [6.07, 6.45) is 1.07. The van der Waals surface area contributed by atoms with Gasteiger partial charge in [-0.15, -0.1) is 0 Å². The Balaban J connectivity index is 2.22. The highest BCUT2D eigenvalue weighted by Gasteiger charge is 2.40. The Morgan fingerprint density at radius 2 is 1.67 bits per heavy atom. The first kappa shape index (κ1) is 5.68. The maximum atomic E-state index is 10.9. The van der Waals surface area contributed by atoms with Crippen LogP contribution >= 0.6 is 0 Å². The van der Waals surface area contributed by atoms with E-state index < -0.39 is 9.84 Å². The topological polar surface area (TPSA) is 46.2 Å². The van der Waals surface area contributed by atoms with E-state index in [0.717, 1.165) is 6.42 Å². The van der Waals surface area contributed by atoms with Crippen LogP contribution in [0.2, 0.25) is 0 Å². The van der Waals surface area contributed by atoms with Crippen molar-refractivity contribution in [2.75, 3.05) is 11.5 Å². The molecular formula is C5H9NO2S. The molecule has 3 saturated heterocycles. The van der Waals surface area contributed by atoms with E-state index >= 15 is 0 Å². The van der Waals surface area contributed by atoms with E-state index in [4.69, 9.17) is 0 Å². The zero-order chi connectivity index (χ0) is 6.48. The molecule has 3 aliphatic heterocycles. The first-order valence-electron chi connectivity index (χ1n) is 3.12. The smallest absolute Gasteiger partial charge is 0.153 e. The van der Waals surface area contributed by atoms with Crippen molar-refractivity contribution in [3.05, 3.63) is 0 Å². The monoisotopic (exact) mass is 147 g/mol. The van der Waals surface area contributed by atoms with Crippen LogP contribution in [-0.4, -0.2) is 32.0 Å². The van der Waals surface area contributed by atoms with Crippen LogP contribution in [0.1, 0.15) is 6.42 Å². The minimum absolute atomic E-state index is 0.286. The molecule has 3 heterocycles. The fourth-order valence-electron chi connectivity index (χ4n) is 1.57. The summed E-state index contributed by atoms with van der Waals surface area (Å²) in [6, 6.07) is 0.572. The van der Waals surface area contributed by atoms with Crippen LogP contribution in [0, 0.1) is 0 Å². The summed E-state index contributed by atoms with van der Waals surface area (Å²) in [6.45, 7) is 0. The van der Waals surface area contributed by atoms with E-state index in [1.54, 1.807) is 0 Å². The molecule has 0 unspecified atom stereocenters. The van der Waals surface area contributed by atoms with Crippen molar-refractivity contribution < 1.29 is 8.42 Å². The Bertz CT molecular complexity index is 199. The zero-order valence-corrected chi connectivity index (χ0v) is 5.82. The van der Waals surface area contributed by atoms with Gasteiger partial charge in [0.05, 0.1) is 11.5 Å². The normalized spacial score (nSPS) is 45.8. The van der Waals surface area contributed by atoms with Crippen LogP contribution < -0.4 is 5.32 Å². The maximum Gasteiger partial charge on any atom is 0.153 e. The molecular weight excluding hydrogens is 138 g/mol. The van der Waals surface area contributed by atoms with E-state index in [1.165, 1.54) is 0 Å². The van der Waals surface area contributed by atoms with Gasteiger partial charge in [0.25, 0.3) is 0 Å². The van der Waals surface area contributed by atoms with Gasteiger partial charge in [0, 0.05) is 12.1 Å². The molecule has 3 aliphatic rings. The Morgan fingerprint density at radius 3 is 1.89 bits per heavy atom. The largest absolute Gasteiger partial charge is 0.309 e. The van der Waals surface area contributed by atoms with E-state index in [1.807, 2.05) is 0 Å². The second-order valence-electron chi connectivity index (χ2n) is 2.87. The standard InChI is InChI=1S/C5H9NO2S/c7-9(8)2-4-1-5(3-9)6-4/h4-6H,1-3H2/t4-,5+. The van der Waals surface area contributed by atoms with Gasteiger partial charge in [-0.25, -0.2) is 8.42 Å². The van der Waals surface area contributed by atoms with Gasteiger partial charge < -0.3 is 5.32 Å². The second-order valence-corrected chi connectivity index (χ2v) is 5.03. The highest BCUT2D eigenvalue weighted by atomic mass is 32.2. The summed E-state index contributed by atoms with van der Waals surface area (Å²) >= 11 is 0. The highest BCUT2D eigenvalue weighted by molar-refractivity contribution is 7.91. The number of hydrogen-bond donors (Lipinski definition) is 1. The molecule has 0 radical (unpaired) electrons. The first-order valence-corrected chi connectivity index (χ1v) is 4.94. The van der Waals surface area contributed by atoms with Gasteiger partial charge in [-0.05, 0) is 6.42 Å². The van der Waals surface area contributed by atoms with E-state index in [0.29, 0.717) is 11.5 Å². The minimum atomic E-state index is -2.64. The molecule has 0 aromatic rings. The summed E-state index contributed by atoms with van der Waals surface area (Å²) < 4.78 is 21.7. The average molecular weight is 147 g/mol. The van der Waals surface area contributed by atoms with Gasteiger partial charge in [-0.2, -0.15) is 0 Å². The first-order chi connectivity index (χ1) is 4.16. The lowest BCUT2D eigenvalue weighted by molar-refractivity contribution is 0.288. The lowest BCUT2D eigenvalue weighted by atomic mass is 10.00. The fourth-order valence-corrected chi connectivity index (χ4v) is 3.39. The van der Waals surface area contributed by atoms with E-state index in [9.17, 15) is 8.42 Å². The van der Waals surface area contributed by atoms with Gasteiger partial charge in [0.1, 0.15) is 0 Å². The molecule has 0 saturated carbocycles. The predicted molar refractivity (Wildman–Crippen MR) is 34.0 cm³/mol. The Morgan fingerprint density at radius 1 is 1.22 bits per heavy atom. The fraction of sp³-hybridized carbons (Fsp3) is 1.00. The summed E-state index contributed by atoms with van der Waals surface area (Å²) in [4.78, 5) is 0. The molecule has 9 heavy (non-hydrogen) atoms. The van der Waals surface area contributed by atoms with Crippen LogP contribution in [0.25, 0.3) is 0 Å². The SMILES string of the molecule is O=S1(=O)C[C@H]2C[C@@H](C1)N2. The summed E-state index contributed by atoms with van der Waals surface area (Å²) in [5.41, 5.74) is 0. The van der Waals surface area contributed by atoms with Gasteiger partial charge in [-0.1, -0.05) is 0 Å². The molecule has 0 aliphatic carbocycles. The lowest BCUT2D eigenvalue weighted by Gasteiger charge is -2.41. The highest BCUT2D eigenvalue weighted by Crippen LogP contribution is 2.21. The third kappa shape index (κ3) is 0.861.